The van der Waals surface area contributed by atoms with Crippen molar-refractivity contribution in [2.24, 2.45) is 0 Å². The largest absolute Gasteiger partial charge is 0.508 e. The number of phenolic OH excluding ortho intramolecular Hbond substituents is 1. The van der Waals surface area contributed by atoms with E-state index in [1.807, 2.05) is 0 Å². The van der Waals surface area contributed by atoms with E-state index in [9.17, 15) is 13.5 Å². The maximum atomic E-state index is 12.4. The molecule has 1 heterocycles. The van der Waals surface area contributed by atoms with Crippen molar-refractivity contribution < 1.29 is 13.5 Å². The highest BCUT2D eigenvalue weighted by Gasteiger charge is 2.24. The fourth-order valence-corrected chi connectivity index (χ4v) is 4.23. The summed E-state index contributed by atoms with van der Waals surface area (Å²) in [6, 6.07) is 9.51. The maximum absolute atomic E-state index is 12.4. The Morgan fingerprint density at radius 2 is 2.06 bits per heavy atom. The summed E-state index contributed by atoms with van der Waals surface area (Å²) < 4.78 is 26.4. The number of aromatic hydroxyl groups is 1. The second kappa shape index (κ2) is 4.99. The Morgan fingerprint density at radius 1 is 1.28 bits per heavy atom. The van der Waals surface area contributed by atoms with Crippen LogP contribution in [0, 0.1) is 0 Å². The third-order valence-corrected chi connectivity index (χ3v) is 5.72. The summed E-state index contributed by atoms with van der Waals surface area (Å²) in [6.07, 6.45) is 0. The van der Waals surface area contributed by atoms with Crippen molar-refractivity contribution in [3.05, 3.63) is 41.8 Å². The Bertz CT molecular complexity index is 621. The summed E-state index contributed by atoms with van der Waals surface area (Å²) in [5.41, 5.74) is 0.464. The average Bonchev–Trinajstić information content (AvgIpc) is 2.83. The molecule has 0 aliphatic carbocycles. The number of sulfonamides is 1. The minimum Gasteiger partial charge on any atom is -0.508 e. The summed E-state index contributed by atoms with van der Waals surface area (Å²) in [4.78, 5) is 0. The van der Waals surface area contributed by atoms with Gasteiger partial charge in [0.2, 0.25) is 0 Å². The first-order valence-corrected chi connectivity index (χ1v) is 7.73. The molecule has 96 valence electrons. The molecule has 1 N–H and O–H groups in total. The van der Waals surface area contributed by atoms with E-state index in [4.69, 9.17) is 0 Å². The zero-order valence-electron chi connectivity index (χ0n) is 9.78. The van der Waals surface area contributed by atoms with Gasteiger partial charge >= 0.3 is 0 Å². The van der Waals surface area contributed by atoms with E-state index in [1.165, 1.54) is 27.8 Å². The first kappa shape index (κ1) is 12.9. The molecule has 0 saturated carbocycles. The molecule has 0 amide bonds. The van der Waals surface area contributed by atoms with Gasteiger partial charge in [-0.3, -0.25) is 4.31 Å². The van der Waals surface area contributed by atoms with Crippen LogP contribution in [0.2, 0.25) is 0 Å². The van der Waals surface area contributed by atoms with E-state index in [-0.39, 0.29) is 5.75 Å². The van der Waals surface area contributed by atoms with Crippen molar-refractivity contribution in [2.75, 3.05) is 10.8 Å². The molecule has 0 fully saturated rings. The minimum absolute atomic E-state index is 0.0485. The van der Waals surface area contributed by atoms with Gasteiger partial charge < -0.3 is 5.11 Å². The van der Waals surface area contributed by atoms with Crippen molar-refractivity contribution in [3.63, 3.8) is 0 Å². The van der Waals surface area contributed by atoms with Gasteiger partial charge in [0, 0.05) is 12.6 Å². The van der Waals surface area contributed by atoms with Gasteiger partial charge in [0.05, 0.1) is 5.69 Å². The van der Waals surface area contributed by atoms with Crippen LogP contribution < -0.4 is 4.31 Å². The van der Waals surface area contributed by atoms with E-state index in [1.54, 1.807) is 36.6 Å². The fraction of sp³-hybridized carbons (Fsp3) is 0.167. The van der Waals surface area contributed by atoms with Gasteiger partial charge in [-0.15, -0.1) is 11.3 Å². The number of phenols is 1. The summed E-state index contributed by atoms with van der Waals surface area (Å²) >= 11 is 1.18. The molecule has 0 saturated heterocycles. The molecular weight excluding hydrogens is 270 g/mol. The zero-order chi connectivity index (χ0) is 13.2. The molecule has 0 aliphatic heterocycles. The van der Waals surface area contributed by atoms with E-state index in [0.717, 1.165) is 0 Å². The Hall–Kier alpha value is -1.53. The van der Waals surface area contributed by atoms with Crippen LogP contribution in [0.3, 0.4) is 0 Å². The van der Waals surface area contributed by atoms with Crippen LogP contribution in [0.25, 0.3) is 0 Å². The summed E-state index contributed by atoms with van der Waals surface area (Å²) in [7, 11) is -3.54. The third kappa shape index (κ3) is 2.34. The van der Waals surface area contributed by atoms with Crippen LogP contribution in [-0.2, 0) is 10.0 Å². The van der Waals surface area contributed by atoms with Gasteiger partial charge in [0.25, 0.3) is 10.0 Å². The van der Waals surface area contributed by atoms with E-state index < -0.39 is 10.0 Å². The van der Waals surface area contributed by atoms with Crippen LogP contribution in [0.4, 0.5) is 5.69 Å². The van der Waals surface area contributed by atoms with Crippen molar-refractivity contribution in [1.29, 1.82) is 0 Å². The van der Waals surface area contributed by atoms with E-state index in [2.05, 4.69) is 0 Å². The van der Waals surface area contributed by atoms with Crippen molar-refractivity contribution in [3.8, 4) is 5.75 Å². The first-order chi connectivity index (χ1) is 8.55. The average molecular weight is 283 g/mol. The molecule has 0 spiro atoms. The summed E-state index contributed by atoms with van der Waals surface area (Å²) in [5, 5.41) is 11.2. The molecule has 4 nitrogen and oxygen atoms in total. The lowest BCUT2D eigenvalue weighted by Crippen LogP contribution is -2.30. The Morgan fingerprint density at radius 3 is 2.61 bits per heavy atom. The van der Waals surface area contributed by atoms with Crippen molar-refractivity contribution in [1.82, 2.24) is 0 Å². The number of anilines is 1. The van der Waals surface area contributed by atoms with Gasteiger partial charge in [-0.05, 0) is 30.5 Å². The second-order valence-corrected chi connectivity index (χ2v) is 6.66. The van der Waals surface area contributed by atoms with Crippen LogP contribution in [0.1, 0.15) is 6.92 Å². The quantitative estimate of drug-likeness (QED) is 0.938. The molecule has 0 atom stereocenters. The molecule has 2 rings (SSSR count). The number of hydrogen-bond acceptors (Lipinski definition) is 4. The molecule has 0 unspecified atom stereocenters. The molecule has 2 aromatic rings. The fourth-order valence-electron chi connectivity index (χ4n) is 1.66. The highest BCUT2D eigenvalue weighted by Crippen LogP contribution is 2.28. The normalized spacial score (nSPS) is 11.4. The summed E-state index contributed by atoms with van der Waals surface area (Å²) in [6.45, 7) is 2.07. The highest BCUT2D eigenvalue weighted by atomic mass is 32.2. The zero-order valence-corrected chi connectivity index (χ0v) is 11.4. The first-order valence-electron chi connectivity index (χ1n) is 5.41. The molecule has 0 aliphatic rings. The SMILES string of the molecule is CCN(c1cccc(O)c1)S(=O)(=O)c1cccs1. The molecular formula is C12H13NO3S2. The van der Waals surface area contributed by atoms with Gasteiger partial charge in [0.1, 0.15) is 9.96 Å². The van der Waals surface area contributed by atoms with Crippen LogP contribution in [0.5, 0.6) is 5.75 Å². The van der Waals surface area contributed by atoms with Crippen molar-refractivity contribution >= 4 is 27.0 Å². The standard InChI is InChI=1S/C12H13NO3S2/c1-2-13(10-5-3-6-11(14)9-10)18(15,16)12-7-4-8-17-12/h3-9,14H,2H2,1H3. The van der Waals surface area contributed by atoms with Crippen LogP contribution in [0.15, 0.2) is 46.0 Å². The van der Waals surface area contributed by atoms with Crippen LogP contribution >= 0.6 is 11.3 Å². The monoisotopic (exact) mass is 283 g/mol. The van der Waals surface area contributed by atoms with Gasteiger partial charge in [-0.25, -0.2) is 8.42 Å². The predicted molar refractivity (Wildman–Crippen MR) is 72.6 cm³/mol. The Kier molecular flexibility index (Phi) is 3.58. The predicted octanol–water partition coefficient (Wildman–Crippen LogP) is 2.67. The topological polar surface area (TPSA) is 57.6 Å². The second-order valence-electron chi connectivity index (χ2n) is 3.62. The van der Waals surface area contributed by atoms with Gasteiger partial charge in [-0.2, -0.15) is 0 Å². The lowest BCUT2D eigenvalue weighted by molar-refractivity contribution is 0.475. The minimum atomic E-state index is -3.54. The number of rotatable bonds is 4. The molecule has 18 heavy (non-hydrogen) atoms. The molecule has 1 aromatic heterocycles. The maximum Gasteiger partial charge on any atom is 0.273 e. The van der Waals surface area contributed by atoms with Crippen LogP contribution in [-0.4, -0.2) is 20.1 Å². The molecule has 0 radical (unpaired) electrons. The Labute approximate surface area is 110 Å². The Balaban J connectivity index is 2.47. The van der Waals surface area contributed by atoms with E-state index >= 15 is 0 Å². The highest BCUT2D eigenvalue weighted by molar-refractivity contribution is 7.94. The lowest BCUT2D eigenvalue weighted by Gasteiger charge is -2.22. The number of thiophene rings is 1. The third-order valence-electron chi connectivity index (χ3n) is 2.44. The summed E-state index contributed by atoms with van der Waals surface area (Å²) in [5.74, 6) is 0.0485. The van der Waals surface area contributed by atoms with Gasteiger partial charge in [0.15, 0.2) is 0 Å². The molecule has 6 heteroatoms. The smallest absolute Gasteiger partial charge is 0.273 e. The number of benzene rings is 1. The lowest BCUT2D eigenvalue weighted by atomic mass is 10.3. The molecule has 1 aromatic carbocycles. The van der Waals surface area contributed by atoms with Crippen molar-refractivity contribution in [2.45, 2.75) is 11.1 Å². The number of hydrogen-bond donors (Lipinski definition) is 1. The molecule has 0 bridgehead atoms. The number of nitrogens with zero attached hydrogens (tertiary/aromatic N) is 1. The van der Waals surface area contributed by atoms with Gasteiger partial charge in [-0.1, -0.05) is 12.1 Å². The van der Waals surface area contributed by atoms with E-state index in [0.29, 0.717) is 16.4 Å².